The number of hydrogen-bond donors (Lipinski definition) is 0. The molecule has 5 rings (SSSR count). The number of para-hydroxylation sites is 2. The molecule has 2 aliphatic rings. The number of nitrogens with zero attached hydrogens (tertiary/aromatic N) is 3. The van der Waals surface area contributed by atoms with Gasteiger partial charge in [-0.3, -0.25) is 0 Å². The van der Waals surface area contributed by atoms with Gasteiger partial charge in [-0.15, -0.1) is 0 Å². The molecule has 27 heavy (non-hydrogen) atoms. The van der Waals surface area contributed by atoms with Gasteiger partial charge in [-0.05, 0) is 19.9 Å². The lowest BCUT2D eigenvalue weighted by molar-refractivity contribution is -0.968. The summed E-state index contributed by atoms with van der Waals surface area (Å²) in [7, 11) is 0. The lowest BCUT2D eigenvalue weighted by Crippen LogP contribution is -2.45. The van der Waals surface area contributed by atoms with E-state index in [0.29, 0.717) is 0 Å². The second kappa shape index (κ2) is 5.71. The van der Waals surface area contributed by atoms with Crippen LogP contribution in [0, 0.1) is 13.8 Å². The standard InChI is InChI=1S/C24H24N3/c1-16-10-5-7-12-20(16)25-18(3)22-14-9-15-23-19(4)26(24(25)27(22)23)21-13-8-6-11-17(21)2/h5-15,24H,1-4H3/q+3. The molecular formula is C24H24N3+3. The van der Waals surface area contributed by atoms with Crippen LogP contribution in [0.25, 0.3) is 0 Å². The van der Waals surface area contributed by atoms with E-state index < -0.39 is 0 Å². The van der Waals surface area contributed by atoms with Crippen molar-refractivity contribution >= 4 is 22.8 Å². The molecule has 3 heteroatoms. The molecule has 2 aromatic carbocycles. The average molecular weight is 354 g/mol. The van der Waals surface area contributed by atoms with Crippen molar-refractivity contribution in [1.82, 2.24) is 0 Å². The third-order valence-corrected chi connectivity index (χ3v) is 5.93. The summed E-state index contributed by atoms with van der Waals surface area (Å²) in [6.07, 6.45) is 0.0957. The van der Waals surface area contributed by atoms with Gasteiger partial charge >= 0.3 is 6.29 Å². The van der Waals surface area contributed by atoms with Crippen molar-refractivity contribution in [3.05, 3.63) is 89.2 Å². The van der Waals surface area contributed by atoms with Crippen LogP contribution >= 0.6 is 0 Å². The van der Waals surface area contributed by atoms with Crippen molar-refractivity contribution < 1.29 is 13.7 Å². The number of hydrogen-bond acceptors (Lipinski definition) is 0. The van der Waals surface area contributed by atoms with Gasteiger partial charge in [0.2, 0.25) is 11.4 Å². The van der Waals surface area contributed by atoms with E-state index in [-0.39, 0.29) is 6.29 Å². The molecule has 0 aliphatic carbocycles. The Hall–Kier alpha value is -3.07. The van der Waals surface area contributed by atoms with Gasteiger partial charge in [0.1, 0.15) is 0 Å². The predicted molar refractivity (Wildman–Crippen MR) is 107 cm³/mol. The summed E-state index contributed by atoms with van der Waals surface area (Å²) in [5.74, 6) is 0. The Bertz CT molecular complexity index is 1080. The molecule has 1 aromatic heterocycles. The Kier molecular flexibility index (Phi) is 3.41. The van der Waals surface area contributed by atoms with Crippen LogP contribution in [0.15, 0.2) is 66.7 Å². The minimum atomic E-state index is 0.0957. The highest BCUT2D eigenvalue weighted by Crippen LogP contribution is 2.35. The van der Waals surface area contributed by atoms with Crippen LogP contribution in [0.1, 0.15) is 42.7 Å². The minimum absolute atomic E-state index is 0.0957. The van der Waals surface area contributed by atoms with Crippen LogP contribution < -0.4 is 4.57 Å². The molecule has 0 radical (unpaired) electrons. The molecule has 0 unspecified atom stereocenters. The molecule has 3 heterocycles. The third-order valence-electron chi connectivity index (χ3n) is 5.93. The van der Waals surface area contributed by atoms with Crippen LogP contribution in [0.4, 0.5) is 11.4 Å². The van der Waals surface area contributed by atoms with E-state index >= 15 is 0 Å². The number of benzene rings is 2. The summed E-state index contributed by atoms with van der Waals surface area (Å²) in [4.78, 5) is 0. The molecule has 0 atom stereocenters. The van der Waals surface area contributed by atoms with Gasteiger partial charge in [0.05, 0.1) is 0 Å². The first-order valence-corrected chi connectivity index (χ1v) is 9.51. The van der Waals surface area contributed by atoms with Crippen molar-refractivity contribution in [1.29, 1.82) is 0 Å². The average Bonchev–Trinajstić information content (AvgIpc) is 3.12. The van der Waals surface area contributed by atoms with Crippen LogP contribution in [0.2, 0.25) is 0 Å². The maximum absolute atomic E-state index is 2.48. The van der Waals surface area contributed by atoms with E-state index in [4.69, 9.17) is 0 Å². The van der Waals surface area contributed by atoms with Crippen molar-refractivity contribution in [2.45, 2.75) is 34.0 Å². The lowest BCUT2D eigenvalue weighted by Gasteiger charge is -2.07. The largest absolute Gasteiger partial charge is 0.555 e. The second-order valence-corrected chi connectivity index (χ2v) is 7.50. The van der Waals surface area contributed by atoms with Gasteiger partial charge in [-0.2, -0.15) is 0 Å². The van der Waals surface area contributed by atoms with Crippen molar-refractivity contribution in [3.63, 3.8) is 0 Å². The van der Waals surface area contributed by atoms with Crippen LogP contribution in [-0.2, 0) is 0 Å². The first kappa shape index (κ1) is 16.1. The SMILES string of the molecule is CC1=[N+](c2ccccc2C)C2[N+](c3ccccc3C)=C(C)c3cccc1[n+]32. The molecule has 0 saturated carbocycles. The monoisotopic (exact) mass is 354 g/mol. The quantitative estimate of drug-likeness (QED) is 0.605. The van der Waals surface area contributed by atoms with Crippen LogP contribution in [-0.4, -0.2) is 20.6 Å². The summed E-state index contributed by atoms with van der Waals surface area (Å²) < 4.78 is 7.44. The molecule has 0 bridgehead atoms. The second-order valence-electron chi connectivity index (χ2n) is 7.50. The number of aromatic nitrogens is 1. The van der Waals surface area contributed by atoms with Crippen molar-refractivity contribution in [2.24, 2.45) is 0 Å². The maximum atomic E-state index is 2.48. The van der Waals surface area contributed by atoms with Gasteiger partial charge in [0, 0.05) is 49.2 Å². The molecule has 0 spiro atoms. The van der Waals surface area contributed by atoms with E-state index in [1.807, 2.05) is 0 Å². The van der Waals surface area contributed by atoms with E-state index in [0.717, 1.165) is 0 Å². The van der Waals surface area contributed by atoms with Crippen molar-refractivity contribution in [2.75, 3.05) is 0 Å². The first-order valence-electron chi connectivity index (χ1n) is 9.51. The first-order chi connectivity index (χ1) is 13.1. The molecule has 0 saturated heterocycles. The Labute approximate surface area is 160 Å². The fourth-order valence-corrected chi connectivity index (χ4v) is 4.58. The predicted octanol–water partition coefficient (Wildman–Crippen LogP) is 4.38. The summed E-state index contributed by atoms with van der Waals surface area (Å²) >= 11 is 0. The van der Waals surface area contributed by atoms with Gasteiger partial charge < -0.3 is 0 Å². The smallest absolute Gasteiger partial charge is 0.0652 e. The number of rotatable bonds is 2. The fourth-order valence-electron chi connectivity index (χ4n) is 4.58. The molecule has 0 N–H and O–H groups in total. The van der Waals surface area contributed by atoms with Crippen LogP contribution in [0.3, 0.4) is 0 Å². The molecule has 0 fully saturated rings. The van der Waals surface area contributed by atoms with E-state index in [2.05, 4.69) is 108 Å². The molecule has 0 amide bonds. The molecule has 3 nitrogen and oxygen atoms in total. The Balaban J connectivity index is 1.84. The summed E-state index contributed by atoms with van der Waals surface area (Å²) in [5, 5.41) is 0. The van der Waals surface area contributed by atoms with E-state index in [1.165, 1.54) is 45.3 Å². The number of pyridine rings is 1. The Morgan fingerprint density at radius 1 is 0.556 bits per heavy atom. The Morgan fingerprint density at radius 2 is 1.00 bits per heavy atom. The summed E-state index contributed by atoms with van der Waals surface area (Å²) in [6.45, 7) is 8.86. The topological polar surface area (TPSA) is 9.90 Å². The van der Waals surface area contributed by atoms with E-state index in [1.54, 1.807) is 0 Å². The zero-order chi connectivity index (χ0) is 18.7. The molecule has 3 aromatic rings. The lowest BCUT2D eigenvalue weighted by atomic mass is 10.1. The summed E-state index contributed by atoms with van der Waals surface area (Å²) in [6, 6.07) is 24.0. The fraction of sp³-hybridized carbons (Fsp3) is 0.208. The summed E-state index contributed by atoms with van der Waals surface area (Å²) in [5.41, 5.74) is 10.3. The van der Waals surface area contributed by atoms with Crippen LogP contribution in [0.5, 0.6) is 0 Å². The highest BCUT2D eigenvalue weighted by molar-refractivity contribution is 5.96. The van der Waals surface area contributed by atoms with Crippen molar-refractivity contribution in [3.8, 4) is 0 Å². The van der Waals surface area contributed by atoms with Gasteiger partial charge in [0.25, 0.3) is 22.8 Å². The maximum Gasteiger partial charge on any atom is 0.555 e. The van der Waals surface area contributed by atoms with E-state index in [9.17, 15) is 0 Å². The number of aryl methyl sites for hydroxylation is 2. The molecular weight excluding hydrogens is 330 g/mol. The molecule has 132 valence electrons. The Morgan fingerprint density at radius 3 is 1.44 bits per heavy atom. The van der Waals surface area contributed by atoms with Gasteiger partial charge in [-0.1, -0.05) is 50.1 Å². The third kappa shape index (κ3) is 2.11. The minimum Gasteiger partial charge on any atom is -0.0652 e. The highest BCUT2D eigenvalue weighted by Gasteiger charge is 2.61. The van der Waals surface area contributed by atoms with Gasteiger partial charge in [0.15, 0.2) is 0 Å². The van der Waals surface area contributed by atoms with Gasteiger partial charge in [-0.25, -0.2) is 0 Å². The zero-order valence-corrected chi connectivity index (χ0v) is 16.3. The highest BCUT2D eigenvalue weighted by atomic mass is 15.5. The zero-order valence-electron chi connectivity index (χ0n) is 16.3. The molecule has 2 aliphatic heterocycles. The normalized spacial score (nSPS) is 15.7.